The lowest BCUT2D eigenvalue weighted by Gasteiger charge is -2.10. The molecule has 2 aromatic carbocycles. The molecule has 0 saturated carbocycles. The summed E-state index contributed by atoms with van der Waals surface area (Å²) in [4.78, 5) is 12.2. The molecule has 31 heavy (non-hydrogen) atoms. The van der Waals surface area contributed by atoms with Gasteiger partial charge in [-0.1, -0.05) is 30.3 Å². The molecule has 0 saturated heterocycles. The number of hydrogen-bond donors (Lipinski definition) is 2. The second-order valence-electron chi connectivity index (χ2n) is 7.01. The maximum absolute atomic E-state index is 12.6. The van der Waals surface area contributed by atoms with E-state index in [-0.39, 0.29) is 28.1 Å². The van der Waals surface area contributed by atoms with E-state index in [9.17, 15) is 13.2 Å². The topological polar surface area (TPSA) is 88.4 Å². The van der Waals surface area contributed by atoms with Crippen LogP contribution in [0.2, 0.25) is 0 Å². The summed E-state index contributed by atoms with van der Waals surface area (Å²) in [6.45, 7) is 0. The third kappa shape index (κ3) is 7.34. The number of amides is 1. The lowest BCUT2D eigenvalue weighted by atomic mass is 10.1. The number of rotatable bonds is 9. The SMILES string of the molecule is O=C(CCc1ccco1)NC(=S)Nc1ccc(S(=O)(=O)CCCc2ccccc2)cc1. The average Bonchev–Trinajstić information content (AvgIpc) is 3.27. The van der Waals surface area contributed by atoms with Crippen molar-refractivity contribution in [3.05, 3.63) is 84.3 Å². The van der Waals surface area contributed by atoms with Gasteiger partial charge in [0, 0.05) is 18.5 Å². The lowest BCUT2D eigenvalue weighted by molar-refractivity contribution is -0.119. The molecule has 0 spiro atoms. The van der Waals surface area contributed by atoms with Crippen molar-refractivity contribution in [1.29, 1.82) is 0 Å². The van der Waals surface area contributed by atoms with Crippen LogP contribution in [0.3, 0.4) is 0 Å². The van der Waals surface area contributed by atoms with Crippen molar-refractivity contribution in [2.75, 3.05) is 11.1 Å². The lowest BCUT2D eigenvalue weighted by Crippen LogP contribution is -2.34. The van der Waals surface area contributed by atoms with Crippen LogP contribution in [0.25, 0.3) is 0 Å². The van der Waals surface area contributed by atoms with Crippen LogP contribution in [0, 0.1) is 0 Å². The highest BCUT2D eigenvalue weighted by Crippen LogP contribution is 2.17. The van der Waals surface area contributed by atoms with Gasteiger partial charge in [-0.2, -0.15) is 0 Å². The number of aryl methyl sites for hydroxylation is 2. The minimum absolute atomic E-state index is 0.0822. The van der Waals surface area contributed by atoms with Crippen LogP contribution < -0.4 is 10.6 Å². The van der Waals surface area contributed by atoms with Crippen LogP contribution in [0.4, 0.5) is 5.69 Å². The second kappa shape index (κ2) is 10.9. The number of nitrogens with one attached hydrogen (secondary N) is 2. The first-order valence-corrected chi connectivity index (χ1v) is 12.0. The Balaban J connectivity index is 1.46. The number of carbonyl (C=O) groups excluding carboxylic acids is 1. The normalized spacial score (nSPS) is 11.1. The molecule has 162 valence electrons. The first-order valence-electron chi connectivity index (χ1n) is 9.92. The molecule has 2 N–H and O–H groups in total. The molecule has 0 aliphatic carbocycles. The van der Waals surface area contributed by atoms with Crippen molar-refractivity contribution in [3.8, 4) is 0 Å². The van der Waals surface area contributed by atoms with E-state index >= 15 is 0 Å². The number of benzene rings is 2. The molecule has 0 fully saturated rings. The Morgan fingerprint density at radius 2 is 1.68 bits per heavy atom. The largest absolute Gasteiger partial charge is 0.469 e. The van der Waals surface area contributed by atoms with E-state index in [1.165, 1.54) is 0 Å². The zero-order chi connectivity index (χ0) is 22.1. The minimum atomic E-state index is -3.36. The molecule has 3 rings (SSSR count). The summed E-state index contributed by atoms with van der Waals surface area (Å²) < 4.78 is 30.3. The van der Waals surface area contributed by atoms with Crippen LogP contribution in [-0.4, -0.2) is 25.2 Å². The third-order valence-corrected chi connectivity index (χ3v) is 6.64. The monoisotopic (exact) mass is 456 g/mol. The van der Waals surface area contributed by atoms with Gasteiger partial charge in [-0.15, -0.1) is 0 Å². The number of thiocarbonyl (C=S) groups is 1. The average molecular weight is 457 g/mol. The van der Waals surface area contributed by atoms with E-state index in [0.29, 0.717) is 24.9 Å². The Hall–Kier alpha value is -2.97. The van der Waals surface area contributed by atoms with E-state index in [2.05, 4.69) is 10.6 Å². The third-order valence-electron chi connectivity index (χ3n) is 4.62. The van der Waals surface area contributed by atoms with Crippen LogP contribution >= 0.6 is 12.2 Å². The summed E-state index contributed by atoms with van der Waals surface area (Å²) in [6, 6.07) is 19.7. The van der Waals surface area contributed by atoms with Crippen LogP contribution in [-0.2, 0) is 27.5 Å². The first kappa shape index (κ1) is 22.7. The fraction of sp³-hybridized carbons (Fsp3) is 0.217. The highest BCUT2D eigenvalue weighted by atomic mass is 32.2. The molecular formula is C23H24N2O4S2. The number of carbonyl (C=O) groups is 1. The van der Waals surface area contributed by atoms with Gasteiger partial charge in [-0.25, -0.2) is 8.42 Å². The Morgan fingerprint density at radius 3 is 2.35 bits per heavy atom. The number of hydrogen-bond acceptors (Lipinski definition) is 5. The maximum Gasteiger partial charge on any atom is 0.226 e. The van der Waals surface area contributed by atoms with E-state index in [4.69, 9.17) is 16.6 Å². The maximum atomic E-state index is 12.6. The van der Waals surface area contributed by atoms with Gasteiger partial charge < -0.3 is 15.1 Å². The van der Waals surface area contributed by atoms with Gasteiger partial charge >= 0.3 is 0 Å². The van der Waals surface area contributed by atoms with Gasteiger partial charge in [0.1, 0.15) is 5.76 Å². The Morgan fingerprint density at radius 1 is 0.935 bits per heavy atom. The van der Waals surface area contributed by atoms with Gasteiger partial charge in [0.2, 0.25) is 5.91 Å². The number of anilines is 1. The molecule has 3 aromatic rings. The van der Waals surface area contributed by atoms with E-state index in [0.717, 1.165) is 11.3 Å². The Bertz CT molecular complexity index is 1090. The van der Waals surface area contributed by atoms with Gasteiger partial charge in [0.25, 0.3) is 0 Å². The van der Waals surface area contributed by atoms with E-state index < -0.39 is 9.84 Å². The smallest absolute Gasteiger partial charge is 0.226 e. The molecule has 0 aliphatic rings. The molecule has 8 heteroatoms. The Labute approximate surface area is 187 Å². The zero-order valence-electron chi connectivity index (χ0n) is 16.9. The highest BCUT2D eigenvalue weighted by molar-refractivity contribution is 7.91. The fourth-order valence-electron chi connectivity index (χ4n) is 3.02. The molecule has 0 bridgehead atoms. The minimum Gasteiger partial charge on any atom is -0.469 e. The first-order chi connectivity index (χ1) is 14.9. The molecule has 0 atom stereocenters. The summed E-state index contributed by atoms with van der Waals surface area (Å²) in [7, 11) is -3.36. The van der Waals surface area contributed by atoms with E-state index in [1.54, 1.807) is 42.7 Å². The molecule has 1 aromatic heterocycles. The van der Waals surface area contributed by atoms with Crippen molar-refractivity contribution in [2.45, 2.75) is 30.6 Å². The fourth-order valence-corrected chi connectivity index (χ4v) is 4.56. The van der Waals surface area contributed by atoms with Crippen LogP contribution in [0.1, 0.15) is 24.2 Å². The Kier molecular flexibility index (Phi) is 7.97. The zero-order valence-corrected chi connectivity index (χ0v) is 18.5. The molecule has 0 aliphatic heterocycles. The standard InChI is InChI=1S/C23H24N2O4S2/c26-22(15-12-20-9-4-16-29-20)25-23(30)24-19-10-13-21(14-11-19)31(27,28)17-5-8-18-6-2-1-3-7-18/h1-4,6-7,9-11,13-14,16H,5,8,12,15,17H2,(H2,24,25,26,30). The summed E-state index contributed by atoms with van der Waals surface area (Å²) in [5.41, 5.74) is 1.72. The van der Waals surface area contributed by atoms with Crippen molar-refractivity contribution in [3.63, 3.8) is 0 Å². The molecule has 6 nitrogen and oxygen atoms in total. The van der Waals surface area contributed by atoms with Gasteiger partial charge in [0.15, 0.2) is 14.9 Å². The molecule has 0 unspecified atom stereocenters. The van der Waals surface area contributed by atoms with Gasteiger partial charge in [0.05, 0.1) is 16.9 Å². The number of furan rings is 1. The van der Waals surface area contributed by atoms with Gasteiger partial charge in [-0.3, -0.25) is 4.79 Å². The summed E-state index contributed by atoms with van der Waals surface area (Å²) in [5, 5.41) is 5.65. The number of sulfone groups is 1. The highest BCUT2D eigenvalue weighted by Gasteiger charge is 2.14. The molecule has 1 amide bonds. The van der Waals surface area contributed by atoms with Crippen LogP contribution in [0.15, 0.2) is 82.3 Å². The molecule has 1 heterocycles. The van der Waals surface area contributed by atoms with Crippen molar-refractivity contribution >= 4 is 38.8 Å². The van der Waals surface area contributed by atoms with Gasteiger partial charge in [-0.05, 0) is 67.0 Å². The quantitative estimate of drug-likeness (QED) is 0.471. The van der Waals surface area contributed by atoms with Crippen molar-refractivity contribution < 1.29 is 17.6 Å². The summed E-state index contributed by atoms with van der Waals surface area (Å²) >= 11 is 5.15. The predicted molar refractivity (Wildman–Crippen MR) is 125 cm³/mol. The molecular weight excluding hydrogens is 432 g/mol. The second-order valence-corrected chi connectivity index (χ2v) is 9.53. The van der Waals surface area contributed by atoms with Crippen LogP contribution in [0.5, 0.6) is 0 Å². The van der Waals surface area contributed by atoms with E-state index in [1.807, 2.05) is 30.3 Å². The summed E-state index contributed by atoms with van der Waals surface area (Å²) in [6.07, 6.45) is 3.56. The predicted octanol–water partition coefficient (Wildman–Crippen LogP) is 4.13. The summed E-state index contributed by atoms with van der Waals surface area (Å²) in [5.74, 6) is 0.583. The molecule has 0 radical (unpaired) electrons. The van der Waals surface area contributed by atoms with Crippen molar-refractivity contribution in [1.82, 2.24) is 5.32 Å². The van der Waals surface area contributed by atoms with Crippen molar-refractivity contribution in [2.24, 2.45) is 0 Å².